The third-order valence-electron chi connectivity index (χ3n) is 11.5. The summed E-state index contributed by atoms with van der Waals surface area (Å²) in [7, 11) is 0. The number of hydrogen-bond acceptors (Lipinski definition) is 1. The maximum Gasteiger partial charge on any atom is 0.0540 e. The van der Waals surface area contributed by atoms with Gasteiger partial charge in [-0.3, -0.25) is 0 Å². The van der Waals surface area contributed by atoms with Gasteiger partial charge in [0, 0.05) is 22.2 Å². The van der Waals surface area contributed by atoms with E-state index in [4.69, 9.17) is 0 Å². The number of nitrogens with zero attached hydrogens (tertiary/aromatic N) is 1. The summed E-state index contributed by atoms with van der Waals surface area (Å²) in [6.07, 6.45) is 0. The van der Waals surface area contributed by atoms with Gasteiger partial charge in [0.15, 0.2) is 0 Å². The van der Waals surface area contributed by atoms with E-state index in [9.17, 15) is 0 Å². The number of rotatable bonds is 6. The van der Waals surface area contributed by atoms with Crippen LogP contribution in [-0.4, -0.2) is 0 Å². The minimum absolute atomic E-state index is 0.177. The Hall–Kier alpha value is -6.70. The van der Waals surface area contributed by atoms with E-state index >= 15 is 0 Å². The van der Waals surface area contributed by atoms with Crippen LogP contribution in [0.25, 0.3) is 66.1 Å². The summed E-state index contributed by atoms with van der Waals surface area (Å²) in [6.45, 7) is 4.76. The molecular weight excluding hydrogens is 651 g/mol. The fourth-order valence-electron chi connectivity index (χ4n) is 8.63. The van der Waals surface area contributed by atoms with Crippen LogP contribution < -0.4 is 4.90 Å². The molecule has 0 heterocycles. The molecule has 0 spiro atoms. The van der Waals surface area contributed by atoms with Crippen LogP contribution in [-0.2, 0) is 5.41 Å². The van der Waals surface area contributed by atoms with E-state index in [0.29, 0.717) is 0 Å². The van der Waals surface area contributed by atoms with Crippen molar-refractivity contribution in [3.05, 3.63) is 211 Å². The third-order valence-corrected chi connectivity index (χ3v) is 11.5. The Morgan fingerprint density at radius 3 is 1.57 bits per heavy atom. The van der Waals surface area contributed by atoms with E-state index < -0.39 is 0 Å². The van der Waals surface area contributed by atoms with Gasteiger partial charge in [0.1, 0.15) is 0 Å². The molecule has 256 valence electrons. The Morgan fingerprint density at radius 1 is 0.333 bits per heavy atom. The second-order valence-electron chi connectivity index (χ2n) is 15.0. The Morgan fingerprint density at radius 2 is 0.833 bits per heavy atom. The minimum Gasteiger partial charge on any atom is -0.310 e. The molecule has 0 aliphatic heterocycles. The van der Waals surface area contributed by atoms with Gasteiger partial charge in [-0.2, -0.15) is 0 Å². The summed E-state index contributed by atoms with van der Waals surface area (Å²) >= 11 is 0. The summed E-state index contributed by atoms with van der Waals surface area (Å²) < 4.78 is 0. The van der Waals surface area contributed by atoms with E-state index in [1.807, 2.05) is 0 Å². The lowest BCUT2D eigenvalue weighted by atomic mass is 9.81. The average molecular weight is 690 g/mol. The van der Waals surface area contributed by atoms with Crippen molar-refractivity contribution in [3.63, 3.8) is 0 Å². The van der Waals surface area contributed by atoms with Gasteiger partial charge in [-0.15, -0.1) is 0 Å². The van der Waals surface area contributed by atoms with Crippen LogP contribution in [0.3, 0.4) is 0 Å². The molecule has 1 nitrogen and oxygen atoms in total. The first-order chi connectivity index (χ1) is 26.5. The molecule has 0 fully saturated rings. The smallest absolute Gasteiger partial charge is 0.0540 e. The molecule has 54 heavy (non-hydrogen) atoms. The van der Waals surface area contributed by atoms with Crippen molar-refractivity contribution in [2.45, 2.75) is 19.3 Å². The molecule has 0 unspecified atom stereocenters. The van der Waals surface area contributed by atoms with Gasteiger partial charge in [0.05, 0.1) is 5.69 Å². The summed E-state index contributed by atoms with van der Waals surface area (Å²) in [5.41, 5.74) is 16.1. The molecule has 0 saturated carbocycles. The van der Waals surface area contributed by atoms with E-state index in [2.05, 4.69) is 219 Å². The Bertz CT molecular complexity index is 2820. The van der Waals surface area contributed by atoms with Crippen molar-refractivity contribution in [1.82, 2.24) is 0 Å². The molecule has 0 N–H and O–H groups in total. The molecule has 0 atom stereocenters. The third kappa shape index (κ3) is 5.32. The maximum atomic E-state index is 2.44. The van der Waals surface area contributed by atoms with Gasteiger partial charge in [0.25, 0.3) is 0 Å². The highest BCUT2D eigenvalue weighted by Gasteiger charge is 2.36. The maximum absolute atomic E-state index is 2.44. The van der Waals surface area contributed by atoms with Crippen LogP contribution in [0.5, 0.6) is 0 Å². The lowest BCUT2D eigenvalue weighted by Crippen LogP contribution is -2.16. The molecular formula is C53H39N. The lowest BCUT2D eigenvalue weighted by molar-refractivity contribution is 0.660. The fraction of sp³-hybridized carbons (Fsp3) is 0.0566. The van der Waals surface area contributed by atoms with Gasteiger partial charge in [-0.05, 0) is 108 Å². The zero-order valence-corrected chi connectivity index (χ0v) is 30.5. The van der Waals surface area contributed by atoms with Crippen molar-refractivity contribution < 1.29 is 0 Å². The Balaban J connectivity index is 1.06. The van der Waals surface area contributed by atoms with Gasteiger partial charge < -0.3 is 4.90 Å². The Kier molecular flexibility index (Phi) is 7.56. The first-order valence-electron chi connectivity index (χ1n) is 18.8. The van der Waals surface area contributed by atoms with Crippen LogP contribution in [0.1, 0.15) is 25.0 Å². The summed E-state index contributed by atoms with van der Waals surface area (Å²) in [4.78, 5) is 2.44. The molecule has 0 amide bonds. The normalized spacial score (nSPS) is 12.8. The number of fused-ring (bicyclic) bond motifs is 5. The van der Waals surface area contributed by atoms with Crippen LogP contribution in [0, 0.1) is 0 Å². The summed E-state index contributed by atoms with van der Waals surface area (Å²) in [5, 5.41) is 4.98. The van der Waals surface area contributed by atoms with Crippen LogP contribution in [0.15, 0.2) is 200 Å². The molecule has 0 saturated heterocycles. The SMILES string of the molecule is CC1(C)c2cc(-c3ccc(-c4ccccc4)cc3)ccc2-c2ccc(N(c3ccc(-c4cccc5ccccc45)cc3)c3cccc4ccccc34)cc21. The standard InChI is InChI=1S/C53H39N/c1-53(2)50-34-42(38-24-22-37(23-25-38)36-12-4-3-5-13-36)28-32-48(50)49-33-31-44(35-51(49)53)54(52-21-11-17-40-15-7-9-19-47(40)52)43-29-26-41(27-30-43)46-20-10-16-39-14-6-8-18-45(39)46/h3-35H,1-2H3. The number of anilines is 3. The quantitative estimate of drug-likeness (QED) is 0.168. The van der Waals surface area contributed by atoms with Crippen molar-refractivity contribution in [3.8, 4) is 44.5 Å². The molecule has 10 rings (SSSR count). The van der Waals surface area contributed by atoms with E-state index in [1.54, 1.807) is 0 Å². The van der Waals surface area contributed by atoms with Crippen molar-refractivity contribution in [2.75, 3.05) is 4.90 Å². The fourth-order valence-corrected chi connectivity index (χ4v) is 8.63. The second-order valence-corrected chi connectivity index (χ2v) is 15.0. The highest BCUT2D eigenvalue weighted by atomic mass is 15.1. The van der Waals surface area contributed by atoms with E-state index in [-0.39, 0.29) is 5.41 Å². The molecule has 0 aromatic heterocycles. The predicted molar refractivity (Wildman–Crippen MR) is 230 cm³/mol. The summed E-state index contributed by atoms with van der Waals surface area (Å²) in [6, 6.07) is 73.4. The molecule has 1 aliphatic carbocycles. The molecule has 9 aromatic rings. The van der Waals surface area contributed by atoms with E-state index in [0.717, 1.165) is 11.4 Å². The van der Waals surface area contributed by atoms with Crippen molar-refractivity contribution in [2.24, 2.45) is 0 Å². The first kappa shape index (κ1) is 32.0. The van der Waals surface area contributed by atoms with Gasteiger partial charge in [-0.1, -0.05) is 178 Å². The molecule has 1 aliphatic rings. The topological polar surface area (TPSA) is 3.24 Å². The molecule has 0 bridgehead atoms. The number of hydrogen-bond donors (Lipinski definition) is 0. The average Bonchev–Trinajstić information content (AvgIpc) is 3.46. The van der Waals surface area contributed by atoms with Crippen LogP contribution in [0.4, 0.5) is 17.1 Å². The summed E-state index contributed by atoms with van der Waals surface area (Å²) in [5.74, 6) is 0. The Labute approximate surface area is 317 Å². The number of benzene rings is 9. The highest BCUT2D eigenvalue weighted by Crippen LogP contribution is 2.52. The van der Waals surface area contributed by atoms with Crippen molar-refractivity contribution >= 4 is 38.6 Å². The molecule has 0 radical (unpaired) electrons. The van der Waals surface area contributed by atoms with E-state index in [1.165, 1.54) is 82.9 Å². The first-order valence-corrected chi connectivity index (χ1v) is 18.8. The monoisotopic (exact) mass is 689 g/mol. The highest BCUT2D eigenvalue weighted by molar-refractivity contribution is 6.00. The van der Waals surface area contributed by atoms with Crippen LogP contribution >= 0.6 is 0 Å². The second kappa shape index (κ2) is 12.8. The van der Waals surface area contributed by atoms with Gasteiger partial charge in [-0.25, -0.2) is 0 Å². The van der Waals surface area contributed by atoms with Crippen LogP contribution in [0.2, 0.25) is 0 Å². The largest absolute Gasteiger partial charge is 0.310 e. The zero-order chi connectivity index (χ0) is 36.2. The van der Waals surface area contributed by atoms with Gasteiger partial charge in [0.2, 0.25) is 0 Å². The minimum atomic E-state index is -0.177. The molecule has 9 aromatic carbocycles. The molecule has 1 heteroatoms. The van der Waals surface area contributed by atoms with Gasteiger partial charge >= 0.3 is 0 Å². The lowest BCUT2D eigenvalue weighted by Gasteiger charge is -2.29. The predicted octanol–water partition coefficient (Wildman–Crippen LogP) is 14.8. The van der Waals surface area contributed by atoms with Crippen molar-refractivity contribution in [1.29, 1.82) is 0 Å². The zero-order valence-electron chi connectivity index (χ0n) is 30.5.